The highest BCUT2D eigenvalue weighted by atomic mass is 16.3. The van der Waals surface area contributed by atoms with Crippen molar-refractivity contribution in [2.24, 2.45) is 0 Å². The highest BCUT2D eigenvalue weighted by Gasteiger charge is 2.38. The normalized spacial score (nSPS) is 15.3. The lowest BCUT2D eigenvalue weighted by atomic mass is 9.79. The number of benzene rings is 5. The number of rotatable bonds is 2. The van der Waals surface area contributed by atoms with Gasteiger partial charge in [0.15, 0.2) is 0 Å². The molecule has 3 heteroatoms. The minimum atomic E-state index is -0.136. The Morgan fingerprint density at radius 2 is 1.12 bits per heavy atom. The number of nitrogens with zero attached hydrogens (tertiary/aromatic N) is 2. The molecular weight excluding hydrogens is 524 g/mol. The molecule has 0 atom stereocenters. The molecule has 0 saturated carbocycles. The minimum Gasteiger partial charge on any atom is -0.436 e. The highest BCUT2D eigenvalue weighted by molar-refractivity contribution is 6.04. The monoisotopic (exact) mass is 554 g/mol. The molecule has 9 rings (SSSR count). The predicted molar refractivity (Wildman–Crippen MR) is 175 cm³/mol. The van der Waals surface area contributed by atoms with Crippen molar-refractivity contribution in [3.8, 4) is 44.6 Å². The molecule has 0 radical (unpaired) electrons. The van der Waals surface area contributed by atoms with Crippen LogP contribution in [0.2, 0.25) is 0 Å². The van der Waals surface area contributed by atoms with Crippen molar-refractivity contribution in [2.75, 3.05) is 0 Å². The van der Waals surface area contributed by atoms with Gasteiger partial charge in [-0.05, 0) is 67.8 Å². The van der Waals surface area contributed by atoms with Crippen LogP contribution in [0.5, 0.6) is 0 Å². The van der Waals surface area contributed by atoms with E-state index in [1.54, 1.807) is 0 Å². The van der Waals surface area contributed by atoms with E-state index in [-0.39, 0.29) is 10.8 Å². The predicted octanol–water partition coefficient (Wildman–Crippen LogP) is 10.3. The smallest absolute Gasteiger partial charge is 0.246 e. The number of furan rings is 1. The van der Waals surface area contributed by atoms with Crippen LogP contribution in [0.3, 0.4) is 0 Å². The maximum absolute atomic E-state index is 6.23. The van der Waals surface area contributed by atoms with E-state index in [2.05, 4.69) is 131 Å². The van der Waals surface area contributed by atoms with Crippen LogP contribution in [0, 0.1) is 0 Å². The fourth-order valence-corrected chi connectivity index (χ4v) is 7.98. The van der Waals surface area contributed by atoms with Crippen molar-refractivity contribution < 1.29 is 4.42 Å². The van der Waals surface area contributed by atoms with Crippen molar-refractivity contribution in [3.63, 3.8) is 0 Å². The first kappa shape index (κ1) is 24.6. The summed E-state index contributed by atoms with van der Waals surface area (Å²) >= 11 is 0. The van der Waals surface area contributed by atoms with Gasteiger partial charge in [-0.3, -0.25) is 0 Å². The van der Waals surface area contributed by atoms with Gasteiger partial charge in [-0.25, -0.2) is 9.97 Å². The van der Waals surface area contributed by atoms with Crippen molar-refractivity contribution >= 4 is 22.2 Å². The van der Waals surface area contributed by atoms with Crippen LogP contribution >= 0.6 is 0 Å². The molecule has 5 aromatic carbocycles. The molecule has 2 heterocycles. The first-order valence-corrected chi connectivity index (χ1v) is 15.0. The molecule has 0 N–H and O–H groups in total. The molecule has 0 saturated heterocycles. The van der Waals surface area contributed by atoms with Gasteiger partial charge in [0.25, 0.3) is 0 Å². The van der Waals surface area contributed by atoms with Gasteiger partial charge in [-0.1, -0.05) is 119 Å². The molecule has 2 aliphatic rings. The van der Waals surface area contributed by atoms with Crippen molar-refractivity contribution in [1.82, 2.24) is 9.97 Å². The number of aromatic nitrogens is 2. The van der Waals surface area contributed by atoms with Gasteiger partial charge < -0.3 is 4.42 Å². The van der Waals surface area contributed by atoms with E-state index in [0.29, 0.717) is 5.71 Å². The second kappa shape index (κ2) is 8.29. The molecular formula is C40H30N2O. The summed E-state index contributed by atoms with van der Waals surface area (Å²) in [5.41, 5.74) is 17.0. The van der Waals surface area contributed by atoms with Crippen molar-refractivity contribution in [1.29, 1.82) is 0 Å². The Labute approximate surface area is 250 Å². The fraction of sp³-hybridized carbons (Fsp3) is 0.150. The van der Waals surface area contributed by atoms with Crippen LogP contribution in [0.15, 0.2) is 114 Å². The Kier molecular flexibility index (Phi) is 4.74. The Bertz CT molecular complexity index is 2140. The summed E-state index contributed by atoms with van der Waals surface area (Å²) in [5, 5.41) is 0.989. The molecule has 0 amide bonds. The van der Waals surface area contributed by atoms with Crippen LogP contribution in [0.25, 0.3) is 66.8 Å². The third-order valence-corrected chi connectivity index (χ3v) is 9.93. The van der Waals surface area contributed by atoms with Gasteiger partial charge >= 0.3 is 0 Å². The Hall–Kier alpha value is -5.02. The first-order valence-electron chi connectivity index (χ1n) is 15.0. The van der Waals surface area contributed by atoms with Gasteiger partial charge in [0.2, 0.25) is 5.71 Å². The maximum Gasteiger partial charge on any atom is 0.246 e. The van der Waals surface area contributed by atoms with Crippen LogP contribution in [-0.2, 0) is 10.8 Å². The number of fused-ring (bicyclic) bond motifs is 9. The summed E-state index contributed by atoms with van der Waals surface area (Å²) in [6.45, 7) is 9.29. The molecule has 3 nitrogen and oxygen atoms in total. The molecule has 43 heavy (non-hydrogen) atoms. The average Bonchev–Trinajstić information content (AvgIpc) is 3.60. The second-order valence-corrected chi connectivity index (χ2v) is 13.0. The molecule has 2 aromatic heterocycles. The summed E-state index contributed by atoms with van der Waals surface area (Å²) in [4.78, 5) is 10.0. The molecule has 0 unspecified atom stereocenters. The van der Waals surface area contributed by atoms with E-state index in [9.17, 15) is 0 Å². The van der Waals surface area contributed by atoms with Crippen LogP contribution in [0.1, 0.15) is 49.9 Å². The highest BCUT2D eigenvalue weighted by Crippen LogP contribution is 2.53. The van der Waals surface area contributed by atoms with E-state index in [0.717, 1.165) is 33.3 Å². The summed E-state index contributed by atoms with van der Waals surface area (Å²) in [6.07, 6.45) is 1.87. The fourth-order valence-electron chi connectivity index (χ4n) is 7.98. The van der Waals surface area contributed by atoms with Crippen molar-refractivity contribution in [3.05, 3.63) is 132 Å². The number of hydrogen-bond donors (Lipinski definition) is 0. The first-order chi connectivity index (χ1) is 20.8. The lowest BCUT2D eigenvalue weighted by Gasteiger charge is -2.24. The zero-order valence-corrected chi connectivity index (χ0v) is 24.7. The quantitative estimate of drug-likeness (QED) is 0.213. The zero-order chi connectivity index (χ0) is 29.1. The Balaban J connectivity index is 1.23. The summed E-state index contributed by atoms with van der Waals surface area (Å²) < 4.78 is 6.23. The molecule has 7 aromatic rings. The van der Waals surface area contributed by atoms with Gasteiger partial charge in [0.1, 0.15) is 11.1 Å². The second-order valence-electron chi connectivity index (χ2n) is 13.0. The Morgan fingerprint density at radius 3 is 1.79 bits per heavy atom. The third-order valence-electron chi connectivity index (χ3n) is 9.93. The van der Waals surface area contributed by atoms with E-state index < -0.39 is 0 Å². The SMILES string of the molecule is CC1(C)c2ccccc2-c2cccc(-c3ccc4oc5ncc(-c6cccc7c6C(C)(C)c6ccccc6-7)nc5c4c3)c21. The van der Waals surface area contributed by atoms with Gasteiger partial charge in [-0.15, -0.1) is 0 Å². The lowest BCUT2D eigenvalue weighted by Crippen LogP contribution is -2.16. The zero-order valence-electron chi connectivity index (χ0n) is 24.7. The minimum absolute atomic E-state index is 0.0962. The molecule has 2 aliphatic carbocycles. The molecule has 0 aliphatic heterocycles. The van der Waals surface area contributed by atoms with E-state index in [1.165, 1.54) is 50.1 Å². The maximum atomic E-state index is 6.23. The summed E-state index contributed by atoms with van der Waals surface area (Å²) in [5.74, 6) is 0. The van der Waals surface area contributed by atoms with Gasteiger partial charge in [0.05, 0.1) is 11.9 Å². The Morgan fingerprint density at radius 1 is 0.558 bits per heavy atom. The molecule has 0 bridgehead atoms. The number of hydrogen-bond acceptors (Lipinski definition) is 3. The molecule has 0 spiro atoms. The average molecular weight is 555 g/mol. The van der Waals surface area contributed by atoms with Crippen LogP contribution < -0.4 is 0 Å². The van der Waals surface area contributed by atoms with E-state index >= 15 is 0 Å². The molecule has 206 valence electrons. The summed E-state index contributed by atoms with van der Waals surface area (Å²) in [7, 11) is 0. The van der Waals surface area contributed by atoms with Crippen LogP contribution in [0.4, 0.5) is 0 Å². The van der Waals surface area contributed by atoms with E-state index in [4.69, 9.17) is 14.4 Å². The standard InChI is InChI=1S/C40H30N2O/c1-39(2)31-17-7-5-11-25(31)27-14-9-13-24(35(27)39)23-19-20-34-30(21-23)37-38(43-34)41-22-33(42-37)29-16-10-15-28-26-12-6-8-18-32(26)40(3,4)36(28)29/h5-22H,1-4H3. The topological polar surface area (TPSA) is 38.9 Å². The van der Waals surface area contributed by atoms with Crippen LogP contribution in [-0.4, -0.2) is 9.97 Å². The van der Waals surface area contributed by atoms with Gasteiger partial charge in [0, 0.05) is 21.8 Å². The van der Waals surface area contributed by atoms with Gasteiger partial charge in [-0.2, -0.15) is 0 Å². The lowest BCUT2D eigenvalue weighted by molar-refractivity contribution is 0.652. The largest absolute Gasteiger partial charge is 0.436 e. The summed E-state index contributed by atoms with van der Waals surface area (Å²) in [6, 6.07) is 37.3. The van der Waals surface area contributed by atoms with Crippen molar-refractivity contribution in [2.45, 2.75) is 38.5 Å². The van der Waals surface area contributed by atoms with E-state index in [1.807, 2.05) is 6.20 Å². The third kappa shape index (κ3) is 3.20. The molecule has 0 fully saturated rings.